The Balaban J connectivity index is 1.72. The maximum absolute atomic E-state index is 11.9. The molecule has 1 N–H and O–H groups in total. The van der Waals surface area contributed by atoms with Crippen molar-refractivity contribution in [3.8, 4) is 0 Å². The molecule has 1 aliphatic heterocycles. The summed E-state index contributed by atoms with van der Waals surface area (Å²) in [5.41, 5.74) is 2.59. The Labute approximate surface area is 121 Å². The van der Waals surface area contributed by atoms with Gasteiger partial charge in [-0.3, -0.25) is 4.79 Å². The number of aryl methyl sites for hydroxylation is 1. The zero-order valence-electron chi connectivity index (χ0n) is 12.5. The van der Waals surface area contributed by atoms with Gasteiger partial charge in [0.1, 0.15) is 0 Å². The minimum atomic E-state index is 0.140. The third kappa shape index (κ3) is 4.64. The molecule has 1 heterocycles. The van der Waals surface area contributed by atoms with E-state index in [1.807, 2.05) is 12.1 Å². The molecule has 2 rings (SSSR count). The zero-order valence-corrected chi connectivity index (χ0v) is 12.5. The van der Waals surface area contributed by atoms with Crippen LogP contribution in [0.5, 0.6) is 0 Å². The van der Waals surface area contributed by atoms with E-state index in [-0.39, 0.29) is 11.9 Å². The van der Waals surface area contributed by atoms with Crippen LogP contribution in [0.25, 0.3) is 0 Å². The summed E-state index contributed by atoms with van der Waals surface area (Å²) in [6.07, 6.45) is 4.85. The summed E-state index contributed by atoms with van der Waals surface area (Å²) in [5.74, 6) is 0.140. The van der Waals surface area contributed by atoms with Gasteiger partial charge in [-0.15, -0.1) is 0 Å². The van der Waals surface area contributed by atoms with Crippen LogP contribution >= 0.6 is 0 Å². The van der Waals surface area contributed by atoms with Crippen molar-refractivity contribution in [1.29, 1.82) is 0 Å². The van der Waals surface area contributed by atoms with Gasteiger partial charge in [0.2, 0.25) is 5.91 Å². The second-order valence-corrected chi connectivity index (χ2v) is 5.77. The molecule has 0 aromatic heterocycles. The summed E-state index contributed by atoms with van der Waals surface area (Å²) < 4.78 is 5.54. The summed E-state index contributed by atoms with van der Waals surface area (Å²) in [4.78, 5) is 11.9. The Kier molecular flexibility index (Phi) is 5.60. The summed E-state index contributed by atoms with van der Waals surface area (Å²) >= 11 is 0. The van der Waals surface area contributed by atoms with Crippen LogP contribution in [0.2, 0.25) is 0 Å². The van der Waals surface area contributed by atoms with Crippen LogP contribution in [0.15, 0.2) is 24.3 Å². The van der Waals surface area contributed by atoms with Crippen LogP contribution in [0.3, 0.4) is 0 Å². The lowest BCUT2D eigenvalue weighted by Crippen LogP contribution is -2.34. The molecule has 20 heavy (non-hydrogen) atoms. The number of nitrogens with one attached hydrogen (secondary N) is 1. The highest BCUT2D eigenvalue weighted by Crippen LogP contribution is 2.16. The van der Waals surface area contributed by atoms with Gasteiger partial charge in [0.15, 0.2) is 0 Å². The predicted octanol–water partition coefficient (Wildman–Crippen LogP) is 3.00. The average molecular weight is 275 g/mol. The fourth-order valence-corrected chi connectivity index (χ4v) is 2.73. The Morgan fingerprint density at radius 2 is 2.25 bits per heavy atom. The van der Waals surface area contributed by atoms with Gasteiger partial charge < -0.3 is 10.1 Å². The van der Waals surface area contributed by atoms with Crippen LogP contribution in [0.4, 0.5) is 0 Å². The molecule has 1 saturated heterocycles. The fourth-order valence-electron chi connectivity index (χ4n) is 2.73. The van der Waals surface area contributed by atoms with Gasteiger partial charge in [0, 0.05) is 19.1 Å². The number of amides is 1. The molecule has 3 nitrogen and oxygen atoms in total. The summed E-state index contributed by atoms with van der Waals surface area (Å²) in [6.45, 7) is 5.04. The Hall–Kier alpha value is -1.35. The largest absolute Gasteiger partial charge is 0.378 e. The van der Waals surface area contributed by atoms with E-state index >= 15 is 0 Å². The Morgan fingerprint density at radius 3 is 2.95 bits per heavy atom. The molecule has 1 fully saturated rings. The monoisotopic (exact) mass is 275 g/mol. The molecule has 2 atom stereocenters. The minimum absolute atomic E-state index is 0.140. The van der Waals surface area contributed by atoms with Gasteiger partial charge >= 0.3 is 0 Å². The normalized spacial score (nSPS) is 19.8. The van der Waals surface area contributed by atoms with Gasteiger partial charge in [-0.2, -0.15) is 0 Å². The van der Waals surface area contributed by atoms with E-state index in [2.05, 4.69) is 31.3 Å². The lowest BCUT2D eigenvalue weighted by atomic mass is 10.0. The van der Waals surface area contributed by atoms with Crippen molar-refractivity contribution >= 4 is 5.91 Å². The maximum atomic E-state index is 11.9. The number of hydrogen-bond acceptors (Lipinski definition) is 2. The molecule has 1 aliphatic rings. The fraction of sp³-hybridized carbons (Fsp3) is 0.588. The average Bonchev–Trinajstić information content (AvgIpc) is 2.92. The number of carbonyl (C=O) groups is 1. The van der Waals surface area contributed by atoms with E-state index < -0.39 is 0 Å². The lowest BCUT2D eigenvalue weighted by molar-refractivity contribution is -0.122. The van der Waals surface area contributed by atoms with Gasteiger partial charge in [-0.05, 0) is 50.7 Å². The topological polar surface area (TPSA) is 38.3 Å². The van der Waals surface area contributed by atoms with Gasteiger partial charge in [0.25, 0.3) is 0 Å². The van der Waals surface area contributed by atoms with Gasteiger partial charge in [-0.1, -0.05) is 24.3 Å². The van der Waals surface area contributed by atoms with E-state index in [0.717, 1.165) is 32.3 Å². The zero-order chi connectivity index (χ0) is 14.4. The highest BCUT2D eigenvalue weighted by molar-refractivity contribution is 5.76. The number of ether oxygens (including phenoxy) is 1. The van der Waals surface area contributed by atoms with Crippen molar-refractivity contribution in [3.05, 3.63) is 35.4 Å². The maximum Gasteiger partial charge on any atom is 0.220 e. The second-order valence-electron chi connectivity index (χ2n) is 5.77. The van der Waals surface area contributed by atoms with Crippen molar-refractivity contribution in [2.24, 2.45) is 0 Å². The van der Waals surface area contributed by atoms with E-state index in [1.165, 1.54) is 11.1 Å². The highest BCUT2D eigenvalue weighted by atomic mass is 16.5. The molecule has 1 amide bonds. The summed E-state index contributed by atoms with van der Waals surface area (Å²) in [5, 5.41) is 3.09. The third-order valence-electron chi connectivity index (χ3n) is 3.91. The van der Waals surface area contributed by atoms with Gasteiger partial charge in [0.05, 0.1) is 6.10 Å². The molecule has 0 radical (unpaired) electrons. The first-order valence-electron chi connectivity index (χ1n) is 7.60. The predicted molar refractivity (Wildman–Crippen MR) is 80.7 cm³/mol. The standard InChI is InChI=1S/C17H25NO2/c1-13-6-3-4-7-15(13)12-14(2)18-17(19)10-9-16-8-5-11-20-16/h3-4,6-7,14,16H,5,8-12H2,1-2H3,(H,18,19)/t14-,16+/m1/s1. The smallest absolute Gasteiger partial charge is 0.220 e. The second kappa shape index (κ2) is 7.44. The van der Waals surface area contributed by atoms with Crippen LogP contribution in [0.1, 0.15) is 43.7 Å². The molecule has 0 spiro atoms. The highest BCUT2D eigenvalue weighted by Gasteiger charge is 2.17. The number of carbonyl (C=O) groups excluding carboxylic acids is 1. The van der Waals surface area contributed by atoms with Crippen LogP contribution in [-0.2, 0) is 16.0 Å². The number of hydrogen-bond donors (Lipinski definition) is 1. The first-order valence-corrected chi connectivity index (χ1v) is 7.60. The molecule has 1 aromatic carbocycles. The van der Waals surface area contributed by atoms with E-state index in [0.29, 0.717) is 12.5 Å². The quantitative estimate of drug-likeness (QED) is 0.866. The van der Waals surface area contributed by atoms with E-state index in [9.17, 15) is 4.79 Å². The van der Waals surface area contributed by atoms with Crippen molar-refractivity contribution in [2.75, 3.05) is 6.61 Å². The minimum Gasteiger partial charge on any atom is -0.378 e. The number of benzene rings is 1. The molecule has 1 aromatic rings. The molecular weight excluding hydrogens is 250 g/mol. The first-order chi connectivity index (χ1) is 9.65. The van der Waals surface area contributed by atoms with Crippen molar-refractivity contribution in [1.82, 2.24) is 5.32 Å². The van der Waals surface area contributed by atoms with Crippen LogP contribution in [0, 0.1) is 6.92 Å². The first kappa shape index (κ1) is 15.0. The third-order valence-corrected chi connectivity index (χ3v) is 3.91. The number of rotatable bonds is 6. The molecular formula is C17H25NO2. The Morgan fingerprint density at radius 1 is 1.45 bits per heavy atom. The van der Waals surface area contributed by atoms with Crippen LogP contribution < -0.4 is 5.32 Å². The molecule has 0 saturated carbocycles. The van der Waals surface area contributed by atoms with E-state index in [4.69, 9.17) is 4.74 Å². The van der Waals surface area contributed by atoms with Crippen molar-refractivity contribution < 1.29 is 9.53 Å². The lowest BCUT2D eigenvalue weighted by Gasteiger charge is -2.16. The molecule has 0 aliphatic carbocycles. The molecule has 110 valence electrons. The Bertz CT molecular complexity index is 438. The summed E-state index contributed by atoms with van der Waals surface area (Å²) in [6, 6.07) is 8.51. The van der Waals surface area contributed by atoms with Crippen molar-refractivity contribution in [2.45, 2.75) is 58.1 Å². The molecule has 0 unspecified atom stereocenters. The molecule has 0 bridgehead atoms. The van der Waals surface area contributed by atoms with Crippen molar-refractivity contribution in [3.63, 3.8) is 0 Å². The van der Waals surface area contributed by atoms with Gasteiger partial charge in [-0.25, -0.2) is 0 Å². The van der Waals surface area contributed by atoms with E-state index in [1.54, 1.807) is 0 Å². The SMILES string of the molecule is Cc1ccccc1C[C@@H](C)NC(=O)CC[C@@H]1CCCO1. The van der Waals surface area contributed by atoms with Crippen LogP contribution in [-0.4, -0.2) is 24.7 Å². The summed E-state index contributed by atoms with van der Waals surface area (Å²) in [7, 11) is 0. The molecule has 3 heteroatoms.